The van der Waals surface area contributed by atoms with Crippen molar-refractivity contribution in [3.8, 4) is 6.07 Å². The Hall–Kier alpha value is -0.680. The molecule has 92 valence electrons. The van der Waals surface area contributed by atoms with E-state index in [1.807, 2.05) is 0 Å². The lowest BCUT2D eigenvalue weighted by molar-refractivity contribution is 0.501. The van der Waals surface area contributed by atoms with E-state index in [9.17, 15) is 12.8 Å². The maximum atomic E-state index is 13.0. The summed E-state index contributed by atoms with van der Waals surface area (Å²) in [4.78, 5) is -0.252. The summed E-state index contributed by atoms with van der Waals surface area (Å²) >= 11 is 8.64. The average molecular weight is 342 g/mol. The molecule has 1 aromatic carbocycles. The maximum Gasteiger partial charge on any atom is 0.246 e. The monoisotopic (exact) mass is 340 g/mol. The highest BCUT2D eigenvalue weighted by atomic mass is 79.9. The van der Waals surface area contributed by atoms with Gasteiger partial charge in [-0.15, -0.1) is 0 Å². The van der Waals surface area contributed by atoms with E-state index in [0.717, 1.165) is 16.4 Å². The zero-order valence-electron chi connectivity index (χ0n) is 8.61. The van der Waals surface area contributed by atoms with Crippen LogP contribution in [0.25, 0.3) is 0 Å². The summed E-state index contributed by atoms with van der Waals surface area (Å²) in [5.74, 6) is -0.649. The van der Waals surface area contributed by atoms with Gasteiger partial charge in [-0.25, -0.2) is 12.8 Å². The summed E-state index contributed by atoms with van der Waals surface area (Å²) in [6.45, 7) is -0.317. The topological polar surface area (TPSA) is 61.2 Å². The molecule has 8 heteroatoms. The van der Waals surface area contributed by atoms with E-state index in [1.54, 1.807) is 6.07 Å². The zero-order chi connectivity index (χ0) is 13.2. The molecule has 0 fully saturated rings. The van der Waals surface area contributed by atoms with Crippen LogP contribution >= 0.6 is 27.5 Å². The first-order valence-electron chi connectivity index (χ1n) is 4.28. The number of hydrogen-bond acceptors (Lipinski definition) is 3. The normalized spacial score (nSPS) is 11.5. The van der Waals surface area contributed by atoms with Gasteiger partial charge >= 0.3 is 0 Å². The number of sulfonamides is 1. The van der Waals surface area contributed by atoms with Gasteiger partial charge in [0.2, 0.25) is 10.0 Å². The molecule has 0 aromatic heterocycles. The van der Waals surface area contributed by atoms with Crippen LogP contribution in [0.4, 0.5) is 4.39 Å². The van der Waals surface area contributed by atoms with Gasteiger partial charge in [0, 0.05) is 11.5 Å². The molecule has 0 bridgehead atoms. The molecule has 0 amide bonds. The molecule has 0 radical (unpaired) electrons. The summed E-state index contributed by atoms with van der Waals surface area (Å²) in [6.07, 6.45) is 0. The van der Waals surface area contributed by atoms with Crippen molar-refractivity contribution in [1.82, 2.24) is 4.31 Å². The van der Waals surface area contributed by atoms with Gasteiger partial charge in [-0.1, -0.05) is 11.6 Å². The Kier molecular flexibility index (Phi) is 4.49. The second-order valence-electron chi connectivity index (χ2n) is 3.12. The molecule has 0 aliphatic rings. The minimum Gasteiger partial charge on any atom is -0.207 e. The lowest BCUT2D eigenvalue weighted by Gasteiger charge is -2.15. The first-order valence-corrected chi connectivity index (χ1v) is 6.89. The second-order valence-corrected chi connectivity index (χ2v) is 6.36. The van der Waals surface area contributed by atoms with Crippen LogP contribution in [0.3, 0.4) is 0 Å². The third kappa shape index (κ3) is 2.96. The quantitative estimate of drug-likeness (QED) is 0.793. The molecular weight excluding hydrogens is 335 g/mol. The molecular formula is C9H7BrClFN2O2S. The number of benzene rings is 1. The van der Waals surface area contributed by atoms with Crippen LogP contribution in [0.15, 0.2) is 21.5 Å². The Bertz CT molecular complexity index is 562. The van der Waals surface area contributed by atoms with Gasteiger partial charge in [-0.3, -0.25) is 0 Å². The van der Waals surface area contributed by atoms with Crippen molar-refractivity contribution in [3.63, 3.8) is 0 Å². The molecule has 0 saturated heterocycles. The van der Waals surface area contributed by atoms with Crippen LogP contribution in [0.1, 0.15) is 0 Å². The minimum absolute atomic E-state index is 0.0206. The smallest absolute Gasteiger partial charge is 0.207 e. The van der Waals surface area contributed by atoms with E-state index in [4.69, 9.17) is 16.9 Å². The SMILES string of the molecule is CN(CC#N)S(=O)(=O)c1c(Cl)cc(F)cc1Br. The van der Waals surface area contributed by atoms with E-state index >= 15 is 0 Å². The predicted molar refractivity (Wildman–Crippen MR) is 64.5 cm³/mol. The molecule has 0 spiro atoms. The van der Waals surface area contributed by atoms with Crippen molar-refractivity contribution < 1.29 is 12.8 Å². The van der Waals surface area contributed by atoms with Crippen LogP contribution in [-0.2, 0) is 10.0 Å². The number of nitrogens with zero attached hydrogens (tertiary/aromatic N) is 2. The third-order valence-electron chi connectivity index (χ3n) is 1.92. The Morgan fingerprint density at radius 2 is 2.18 bits per heavy atom. The zero-order valence-corrected chi connectivity index (χ0v) is 11.8. The van der Waals surface area contributed by atoms with Crippen LogP contribution < -0.4 is 0 Å². The van der Waals surface area contributed by atoms with Crippen molar-refractivity contribution in [1.29, 1.82) is 5.26 Å². The maximum absolute atomic E-state index is 13.0. The molecule has 0 N–H and O–H groups in total. The summed E-state index contributed by atoms with van der Waals surface area (Å²) < 4.78 is 37.8. The van der Waals surface area contributed by atoms with Gasteiger partial charge in [-0.2, -0.15) is 9.57 Å². The van der Waals surface area contributed by atoms with Gasteiger partial charge in [0.1, 0.15) is 17.3 Å². The third-order valence-corrected chi connectivity index (χ3v) is 5.13. The molecule has 0 saturated carbocycles. The molecule has 1 aromatic rings. The lowest BCUT2D eigenvalue weighted by Crippen LogP contribution is -2.27. The van der Waals surface area contributed by atoms with Crippen molar-refractivity contribution in [2.24, 2.45) is 0 Å². The fourth-order valence-corrected chi connectivity index (χ4v) is 3.92. The number of hydrogen-bond donors (Lipinski definition) is 0. The fraction of sp³-hybridized carbons (Fsp3) is 0.222. The summed E-state index contributed by atoms with van der Waals surface area (Å²) in [5, 5.41) is 8.23. The molecule has 0 heterocycles. The Labute approximate surface area is 112 Å². The molecule has 4 nitrogen and oxygen atoms in total. The van der Waals surface area contributed by atoms with Gasteiger partial charge in [0.15, 0.2) is 0 Å². The summed E-state index contributed by atoms with van der Waals surface area (Å²) in [7, 11) is -2.67. The Morgan fingerprint density at radius 3 is 2.65 bits per heavy atom. The Morgan fingerprint density at radius 1 is 1.59 bits per heavy atom. The molecule has 1 rings (SSSR count). The van der Waals surface area contributed by atoms with Gasteiger partial charge in [-0.05, 0) is 28.1 Å². The molecule has 17 heavy (non-hydrogen) atoms. The Balaban J connectivity index is 3.40. The van der Waals surface area contributed by atoms with Crippen molar-refractivity contribution >= 4 is 37.6 Å². The highest BCUT2D eigenvalue weighted by molar-refractivity contribution is 9.10. The van der Waals surface area contributed by atoms with Crippen molar-refractivity contribution in [3.05, 3.63) is 27.4 Å². The lowest BCUT2D eigenvalue weighted by atomic mass is 10.3. The number of rotatable bonds is 3. The minimum atomic E-state index is -3.91. The molecule has 0 atom stereocenters. The van der Waals surface area contributed by atoms with Crippen LogP contribution in [0.2, 0.25) is 5.02 Å². The van der Waals surface area contributed by atoms with E-state index < -0.39 is 15.8 Å². The van der Waals surface area contributed by atoms with E-state index in [-0.39, 0.29) is 20.9 Å². The fourth-order valence-electron chi connectivity index (χ4n) is 1.12. The standard InChI is InChI=1S/C9H7BrClFN2O2S/c1-14(3-2-13)17(15,16)9-7(10)4-6(12)5-8(9)11/h4-5H,3H2,1H3. The largest absolute Gasteiger partial charge is 0.246 e. The molecule has 0 aliphatic carbocycles. The highest BCUT2D eigenvalue weighted by Gasteiger charge is 2.26. The summed E-state index contributed by atoms with van der Waals surface area (Å²) in [5.41, 5.74) is 0. The average Bonchev–Trinajstić information content (AvgIpc) is 2.15. The first-order chi connectivity index (χ1) is 7.80. The van der Waals surface area contributed by atoms with Crippen LogP contribution in [0, 0.1) is 17.1 Å². The van der Waals surface area contributed by atoms with Crippen LogP contribution in [0.5, 0.6) is 0 Å². The van der Waals surface area contributed by atoms with Crippen LogP contribution in [-0.4, -0.2) is 26.3 Å². The van der Waals surface area contributed by atoms with Crippen molar-refractivity contribution in [2.45, 2.75) is 4.90 Å². The van der Waals surface area contributed by atoms with Crippen molar-refractivity contribution in [2.75, 3.05) is 13.6 Å². The predicted octanol–water partition coefficient (Wildman–Crippen LogP) is 2.39. The van der Waals surface area contributed by atoms with E-state index in [0.29, 0.717) is 0 Å². The number of nitriles is 1. The number of halogens is 3. The van der Waals surface area contributed by atoms with Gasteiger partial charge in [0.05, 0.1) is 11.1 Å². The summed E-state index contributed by atoms with van der Waals surface area (Å²) in [6, 6.07) is 3.61. The molecule has 0 aliphatic heterocycles. The molecule has 0 unspecified atom stereocenters. The second kappa shape index (κ2) is 5.31. The van der Waals surface area contributed by atoms with Gasteiger partial charge in [0.25, 0.3) is 0 Å². The van der Waals surface area contributed by atoms with Gasteiger partial charge < -0.3 is 0 Å². The van der Waals surface area contributed by atoms with E-state index in [2.05, 4.69) is 15.9 Å². The highest BCUT2D eigenvalue weighted by Crippen LogP contribution is 2.32. The first kappa shape index (κ1) is 14.4. The van der Waals surface area contributed by atoms with E-state index in [1.165, 1.54) is 7.05 Å².